The maximum Gasteiger partial charge on any atom is 0.315 e. The molecule has 1 fully saturated rings. The van der Waals surface area contributed by atoms with E-state index in [1.807, 2.05) is 48.5 Å². The maximum atomic E-state index is 12.1. The Morgan fingerprint density at radius 1 is 0.929 bits per heavy atom. The van der Waals surface area contributed by atoms with Crippen LogP contribution in [0.5, 0.6) is 0 Å². The highest BCUT2D eigenvalue weighted by atomic mass is 16.2. The average Bonchev–Trinajstić information content (AvgIpc) is 3.14. The Morgan fingerprint density at radius 3 is 2.32 bits per heavy atom. The van der Waals surface area contributed by atoms with E-state index < -0.39 is 0 Å². The van der Waals surface area contributed by atoms with Crippen molar-refractivity contribution in [1.29, 1.82) is 0 Å². The third-order valence-electron chi connectivity index (χ3n) is 4.82. The minimum absolute atomic E-state index is 0.0186. The predicted octanol–water partition coefficient (Wildman–Crippen LogP) is 2.27. The fourth-order valence-electron chi connectivity index (χ4n) is 3.37. The molecule has 3 N–H and O–H groups in total. The van der Waals surface area contributed by atoms with Crippen LogP contribution in [0.1, 0.15) is 24.0 Å². The zero-order valence-corrected chi connectivity index (χ0v) is 16.1. The number of carbonyl (C=O) groups is 2. The molecule has 3 rings (SSSR count). The van der Waals surface area contributed by atoms with Crippen molar-refractivity contribution in [2.75, 3.05) is 19.6 Å². The van der Waals surface area contributed by atoms with E-state index in [0.717, 1.165) is 31.6 Å². The fraction of sp³-hybridized carbons (Fsp3) is 0.364. The molecule has 3 amide bonds. The molecule has 0 radical (unpaired) electrons. The number of rotatable bonds is 8. The van der Waals surface area contributed by atoms with Crippen molar-refractivity contribution in [3.05, 3.63) is 71.8 Å². The van der Waals surface area contributed by atoms with Gasteiger partial charge >= 0.3 is 6.03 Å². The first-order chi connectivity index (χ1) is 13.7. The van der Waals surface area contributed by atoms with Crippen LogP contribution in [0.3, 0.4) is 0 Å². The van der Waals surface area contributed by atoms with Crippen LogP contribution >= 0.6 is 0 Å². The van der Waals surface area contributed by atoms with Crippen LogP contribution in [0.4, 0.5) is 4.79 Å². The lowest BCUT2D eigenvalue weighted by molar-refractivity contribution is -0.121. The second-order valence-corrected chi connectivity index (χ2v) is 7.12. The Kier molecular flexibility index (Phi) is 7.44. The van der Waals surface area contributed by atoms with Crippen LogP contribution in [0.25, 0.3) is 0 Å². The van der Waals surface area contributed by atoms with Crippen LogP contribution in [0, 0.1) is 0 Å². The van der Waals surface area contributed by atoms with E-state index in [1.54, 1.807) is 0 Å². The maximum absolute atomic E-state index is 12.1. The van der Waals surface area contributed by atoms with Crippen LogP contribution in [0.15, 0.2) is 60.7 Å². The van der Waals surface area contributed by atoms with E-state index in [9.17, 15) is 9.59 Å². The number of likely N-dealkylation sites (tertiary alicyclic amines) is 1. The van der Waals surface area contributed by atoms with Crippen molar-refractivity contribution in [3.63, 3.8) is 0 Å². The number of hydrogen-bond donors (Lipinski definition) is 3. The number of urea groups is 1. The van der Waals surface area contributed by atoms with Gasteiger partial charge in [-0.2, -0.15) is 0 Å². The molecule has 0 aliphatic carbocycles. The van der Waals surface area contributed by atoms with E-state index in [0.29, 0.717) is 13.1 Å². The number of nitrogens with one attached hydrogen (secondary N) is 3. The lowest BCUT2D eigenvalue weighted by Gasteiger charge is -2.17. The van der Waals surface area contributed by atoms with Crippen molar-refractivity contribution in [3.8, 4) is 0 Å². The highest BCUT2D eigenvalue weighted by Crippen LogP contribution is 2.13. The number of nitrogens with zero attached hydrogens (tertiary/aromatic N) is 1. The van der Waals surface area contributed by atoms with Gasteiger partial charge in [-0.15, -0.1) is 0 Å². The van der Waals surface area contributed by atoms with E-state index in [1.165, 1.54) is 5.56 Å². The van der Waals surface area contributed by atoms with E-state index >= 15 is 0 Å². The highest BCUT2D eigenvalue weighted by molar-refractivity contribution is 5.78. The van der Waals surface area contributed by atoms with Gasteiger partial charge < -0.3 is 16.0 Å². The molecule has 6 nitrogen and oxygen atoms in total. The number of amides is 3. The van der Waals surface area contributed by atoms with Crippen molar-refractivity contribution >= 4 is 11.9 Å². The number of hydrogen-bond acceptors (Lipinski definition) is 3. The van der Waals surface area contributed by atoms with Crippen molar-refractivity contribution in [2.45, 2.75) is 32.0 Å². The summed E-state index contributed by atoms with van der Waals surface area (Å²) in [4.78, 5) is 26.3. The topological polar surface area (TPSA) is 73.5 Å². The average molecular weight is 380 g/mol. The monoisotopic (exact) mass is 380 g/mol. The second kappa shape index (κ2) is 10.5. The molecular weight excluding hydrogens is 352 g/mol. The summed E-state index contributed by atoms with van der Waals surface area (Å²) >= 11 is 0. The van der Waals surface area contributed by atoms with Crippen LogP contribution in [-0.4, -0.2) is 42.5 Å². The van der Waals surface area contributed by atoms with E-state index in [-0.39, 0.29) is 24.4 Å². The molecule has 6 heteroatoms. The molecular formula is C22H28N4O2. The van der Waals surface area contributed by atoms with E-state index in [4.69, 9.17) is 0 Å². The van der Waals surface area contributed by atoms with Gasteiger partial charge in [0.1, 0.15) is 0 Å². The molecule has 2 aromatic rings. The molecule has 148 valence electrons. The Balaban J connectivity index is 1.28. The molecule has 0 aromatic heterocycles. The van der Waals surface area contributed by atoms with Gasteiger partial charge in [0.25, 0.3) is 0 Å². The molecule has 1 aliphatic rings. The van der Waals surface area contributed by atoms with Gasteiger partial charge in [0.05, 0.1) is 0 Å². The fourth-order valence-corrected chi connectivity index (χ4v) is 3.37. The third kappa shape index (κ3) is 6.70. The van der Waals surface area contributed by atoms with Gasteiger partial charge in [-0.3, -0.25) is 9.69 Å². The molecule has 0 spiro atoms. The molecule has 2 aromatic carbocycles. The second-order valence-electron chi connectivity index (χ2n) is 7.12. The summed E-state index contributed by atoms with van der Waals surface area (Å²) in [6.45, 7) is 3.56. The van der Waals surface area contributed by atoms with Gasteiger partial charge in [-0.1, -0.05) is 60.7 Å². The Morgan fingerprint density at radius 2 is 1.61 bits per heavy atom. The Bertz CT molecular complexity index is 752. The Labute approximate surface area is 166 Å². The van der Waals surface area contributed by atoms with Crippen LogP contribution in [-0.2, 0) is 17.9 Å². The minimum Gasteiger partial charge on any atom is -0.352 e. The first kappa shape index (κ1) is 19.9. The molecule has 0 bridgehead atoms. The summed E-state index contributed by atoms with van der Waals surface area (Å²) < 4.78 is 0. The van der Waals surface area contributed by atoms with Crippen molar-refractivity contribution < 1.29 is 9.59 Å². The molecule has 28 heavy (non-hydrogen) atoms. The SMILES string of the molecule is O=C(CCNC(=O)NCc1ccccc1)NC1CCN(Cc2ccccc2)C1. The standard InChI is InChI=1S/C22H28N4O2/c27-21(11-13-23-22(28)24-15-18-7-3-1-4-8-18)25-20-12-14-26(17-20)16-19-9-5-2-6-10-19/h1-10,20H,11-17H2,(H,25,27)(H2,23,24,28). The smallest absolute Gasteiger partial charge is 0.315 e. The largest absolute Gasteiger partial charge is 0.352 e. The molecule has 1 atom stereocenters. The van der Waals surface area contributed by atoms with Crippen molar-refractivity contribution in [1.82, 2.24) is 20.9 Å². The van der Waals surface area contributed by atoms with Crippen LogP contribution < -0.4 is 16.0 Å². The van der Waals surface area contributed by atoms with Gasteiger partial charge in [-0.25, -0.2) is 4.79 Å². The summed E-state index contributed by atoms with van der Waals surface area (Å²) in [6.07, 6.45) is 1.25. The van der Waals surface area contributed by atoms with Gasteiger partial charge in [0, 0.05) is 45.2 Å². The van der Waals surface area contributed by atoms with Gasteiger partial charge in [0.2, 0.25) is 5.91 Å². The predicted molar refractivity (Wildman–Crippen MR) is 110 cm³/mol. The molecule has 1 heterocycles. The summed E-state index contributed by atoms with van der Waals surface area (Å²) in [5.74, 6) is -0.0186. The zero-order chi connectivity index (χ0) is 19.6. The lowest BCUT2D eigenvalue weighted by Crippen LogP contribution is -2.40. The van der Waals surface area contributed by atoms with Gasteiger partial charge in [0.15, 0.2) is 0 Å². The summed E-state index contributed by atoms with van der Waals surface area (Å²) in [5, 5.41) is 8.59. The van der Waals surface area contributed by atoms with Gasteiger partial charge in [-0.05, 0) is 17.5 Å². The quantitative estimate of drug-likeness (QED) is 0.658. The minimum atomic E-state index is -0.258. The summed E-state index contributed by atoms with van der Waals surface area (Å²) in [6, 6.07) is 20.0. The summed E-state index contributed by atoms with van der Waals surface area (Å²) in [7, 11) is 0. The van der Waals surface area contributed by atoms with E-state index in [2.05, 4.69) is 33.0 Å². The van der Waals surface area contributed by atoms with Crippen LogP contribution in [0.2, 0.25) is 0 Å². The first-order valence-electron chi connectivity index (χ1n) is 9.80. The zero-order valence-electron chi connectivity index (χ0n) is 16.1. The van der Waals surface area contributed by atoms with Crippen molar-refractivity contribution in [2.24, 2.45) is 0 Å². The normalized spacial score (nSPS) is 16.5. The highest BCUT2D eigenvalue weighted by Gasteiger charge is 2.23. The Hall–Kier alpha value is -2.86. The molecule has 0 saturated carbocycles. The molecule has 1 aliphatic heterocycles. The molecule has 1 saturated heterocycles. The molecule has 1 unspecified atom stereocenters. The summed E-state index contributed by atoms with van der Waals surface area (Å²) in [5.41, 5.74) is 2.33. The third-order valence-corrected chi connectivity index (χ3v) is 4.82. The number of carbonyl (C=O) groups excluding carboxylic acids is 2. The lowest BCUT2D eigenvalue weighted by atomic mass is 10.2. The number of benzene rings is 2. The first-order valence-corrected chi connectivity index (χ1v) is 9.80.